The number of nitrogens with one attached hydrogen (secondary N) is 1. The lowest BCUT2D eigenvalue weighted by atomic mass is 9.84. The number of amides is 2. The quantitative estimate of drug-likeness (QED) is 0.928. The largest absolute Gasteiger partial charge is 0.337 e. The number of hydrogen-bond acceptors (Lipinski definition) is 5. The third-order valence-corrected chi connectivity index (χ3v) is 6.18. The van der Waals surface area contributed by atoms with Crippen LogP contribution in [0.1, 0.15) is 40.2 Å². The summed E-state index contributed by atoms with van der Waals surface area (Å²) >= 11 is 2.98. The van der Waals surface area contributed by atoms with Gasteiger partial charge in [0.2, 0.25) is 5.91 Å². The Labute approximate surface area is 142 Å². The smallest absolute Gasteiger partial charge is 0.258 e. The van der Waals surface area contributed by atoms with Gasteiger partial charge in [0.15, 0.2) is 5.13 Å². The standard InChI is InChI=1S/C16H17N3O2S2/c20-14(11-5-7-22-9-11)18-16-17-12-4-6-19(8-13(12)23-16)15(21)10-2-1-3-10/h5,7,9-10H,1-4,6,8H2,(H,17,18,20). The van der Waals surface area contributed by atoms with Crippen LogP contribution >= 0.6 is 22.7 Å². The lowest BCUT2D eigenvalue weighted by Crippen LogP contribution is -2.41. The van der Waals surface area contributed by atoms with Crippen LogP contribution in [0.25, 0.3) is 0 Å². The second kappa shape index (κ2) is 6.05. The lowest BCUT2D eigenvalue weighted by molar-refractivity contribution is -0.139. The average molecular weight is 347 g/mol. The Bertz CT molecular complexity index is 735. The molecule has 23 heavy (non-hydrogen) atoms. The topological polar surface area (TPSA) is 62.3 Å². The van der Waals surface area contributed by atoms with Crippen molar-refractivity contribution in [3.8, 4) is 0 Å². The van der Waals surface area contributed by atoms with Crippen molar-refractivity contribution in [2.45, 2.75) is 32.2 Å². The van der Waals surface area contributed by atoms with Crippen molar-refractivity contribution in [3.63, 3.8) is 0 Å². The molecule has 2 amide bonds. The van der Waals surface area contributed by atoms with Crippen LogP contribution in [0.4, 0.5) is 5.13 Å². The van der Waals surface area contributed by atoms with E-state index in [9.17, 15) is 9.59 Å². The van der Waals surface area contributed by atoms with Crippen molar-refractivity contribution in [3.05, 3.63) is 33.0 Å². The molecule has 0 radical (unpaired) electrons. The highest BCUT2D eigenvalue weighted by Gasteiger charge is 2.32. The second-order valence-corrected chi connectivity index (χ2v) is 7.86. The van der Waals surface area contributed by atoms with Gasteiger partial charge in [0.05, 0.1) is 17.8 Å². The van der Waals surface area contributed by atoms with Crippen molar-refractivity contribution in [1.82, 2.24) is 9.88 Å². The molecule has 120 valence electrons. The number of rotatable bonds is 3. The molecular formula is C16H17N3O2S2. The molecular weight excluding hydrogens is 330 g/mol. The van der Waals surface area contributed by atoms with Gasteiger partial charge in [-0.05, 0) is 24.3 Å². The molecule has 5 nitrogen and oxygen atoms in total. The molecule has 0 aromatic carbocycles. The third-order valence-electron chi connectivity index (χ3n) is 4.50. The monoisotopic (exact) mass is 347 g/mol. The fraction of sp³-hybridized carbons (Fsp3) is 0.438. The number of aromatic nitrogens is 1. The first-order chi connectivity index (χ1) is 11.2. The first-order valence-electron chi connectivity index (χ1n) is 7.81. The molecule has 1 aliphatic carbocycles. The molecule has 0 saturated heterocycles. The van der Waals surface area contributed by atoms with Crippen LogP contribution in [0.2, 0.25) is 0 Å². The molecule has 3 heterocycles. The Morgan fingerprint density at radius 1 is 1.35 bits per heavy atom. The summed E-state index contributed by atoms with van der Waals surface area (Å²) in [6, 6.07) is 1.80. The van der Waals surface area contributed by atoms with Crippen LogP contribution < -0.4 is 5.32 Å². The summed E-state index contributed by atoms with van der Waals surface area (Å²) in [5.41, 5.74) is 1.68. The molecule has 2 aromatic rings. The summed E-state index contributed by atoms with van der Waals surface area (Å²) < 4.78 is 0. The van der Waals surface area contributed by atoms with Gasteiger partial charge in [-0.3, -0.25) is 14.9 Å². The van der Waals surface area contributed by atoms with E-state index >= 15 is 0 Å². The Kier molecular flexibility index (Phi) is 3.90. The fourth-order valence-electron chi connectivity index (χ4n) is 2.91. The molecule has 0 bridgehead atoms. The van der Waals surface area contributed by atoms with Gasteiger partial charge in [-0.15, -0.1) is 0 Å². The number of hydrogen-bond donors (Lipinski definition) is 1. The van der Waals surface area contributed by atoms with Crippen molar-refractivity contribution in [2.75, 3.05) is 11.9 Å². The van der Waals surface area contributed by atoms with Gasteiger partial charge >= 0.3 is 0 Å². The number of anilines is 1. The van der Waals surface area contributed by atoms with Crippen LogP contribution in [0.3, 0.4) is 0 Å². The Hall–Kier alpha value is -1.73. The molecule has 4 rings (SSSR count). The van der Waals surface area contributed by atoms with Gasteiger partial charge in [-0.2, -0.15) is 11.3 Å². The highest BCUT2D eigenvalue weighted by atomic mass is 32.1. The van der Waals surface area contributed by atoms with Gasteiger partial charge in [0.25, 0.3) is 5.91 Å². The fourth-order valence-corrected chi connectivity index (χ4v) is 4.57. The predicted molar refractivity (Wildman–Crippen MR) is 90.8 cm³/mol. The van der Waals surface area contributed by atoms with Crippen LogP contribution in [0.15, 0.2) is 16.8 Å². The van der Waals surface area contributed by atoms with E-state index in [2.05, 4.69) is 10.3 Å². The first-order valence-corrected chi connectivity index (χ1v) is 9.57. The molecule has 0 spiro atoms. The minimum Gasteiger partial charge on any atom is -0.337 e. The van der Waals surface area contributed by atoms with Gasteiger partial charge in [-0.25, -0.2) is 4.98 Å². The van der Waals surface area contributed by atoms with Crippen LogP contribution in [-0.2, 0) is 17.8 Å². The van der Waals surface area contributed by atoms with Gasteiger partial charge in [0, 0.05) is 29.1 Å². The maximum atomic E-state index is 12.4. The molecule has 1 aliphatic heterocycles. The minimum absolute atomic E-state index is 0.125. The van der Waals surface area contributed by atoms with E-state index in [4.69, 9.17) is 0 Å². The Morgan fingerprint density at radius 3 is 2.91 bits per heavy atom. The molecule has 0 atom stereocenters. The summed E-state index contributed by atoms with van der Waals surface area (Å²) in [5.74, 6) is 0.404. The summed E-state index contributed by atoms with van der Waals surface area (Å²) in [6.45, 7) is 1.38. The van der Waals surface area contributed by atoms with E-state index < -0.39 is 0 Å². The number of carbonyl (C=O) groups is 2. The SMILES string of the molecule is O=C(Nc1nc2c(s1)CN(C(=O)C1CCC1)CC2)c1ccsc1. The normalized spacial score (nSPS) is 17.5. The van der Waals surface area contributed by atoms with Crippen LogP contribution in [-0.4, -0.2) is 28.2 Å². The zero-order valence-electron chi connectivity index (χ0n) is 12.6. The summed E-state index contributed by atoms with van der Waals surface area (Å²) in [4.78, 5) is 32.0. The van der Waals surface area contributed by atoms with E-state index in [1.54, 1.807) is 6.07 Å². The summed E-state index contributed by atoms with van der Waals surface area (Å²) in [5, 5.41) is 7.19. The van der Waals surface area contributed by atoms with Crippen molar-refractivity contribution in [2.24, 2.45) is 5.92 Å². The van der Waals surface area contributed by atoms with E-state index in [1.165, 1.54) is 29.1 Å². The zero-order chi connectivity index (χ0) is 15.8. The molecule has 2 aliphatic rings. The highest BCUT2D eigenvalue weighted by Crippen LogP contribution is 2.33. The summed E-state index contributed by atoms with van der Waals surface area (Å²) in [7, 11) is 0. The van der Waals surface area contributed by atoms with Crippen molar-refractivity contribution < 1.29 is 9.59 Å². The third kappa shape index (κ3) is 2.90. The average Bonchev–Trinajstić information content (AvgIpc) is 3.13. The molecule has 7 heteroatoms. The lowest BCUT2D eigenvalue weighted by Gasteiger charge is -2.33. The first kappa shape index (κ1) is 14.8. The van der Waals surface area contributed by atoms with Crippen molar-refractivity contribution in [1.29, 1.82) is 0 Å². The number of fused-ring (bicyclic) bond motifs is 1. The van der Waals surface area contributed by atoms with Gasteiger partial charge < -0.3 is 4.90 Å². The number of nitrogens with zero attached hydrogens (tertiary/aromatic N) is 2. The minimum atomic E-state index is -0.125. The van der Waals surface area contributed by atoms with Crippen LogP contribution in [0, 0.1) is 5.92 Å². The van der Waals surface area contributed by atoms with E-state index in [0.29, 0.717) is 23.1 Å². The van der Waals surface area contributed by atoms with Crippen LogP contribution in [0.5, 0.6) is 0 Å². The molecule has 1 saturated carbocycles. The molecule has 0 unspecified atom stereocenters. The number of carbonyl (C=O) groups excluding carboxylic acids is 2. The molecule has 1 fully saturated rings. The van der Waals surface area contributed by atoms with Gasteiger partial charge in [-0.1, -0.05) is 17.8 Å². The highest BCUT2D eigenvalue weighted by molar-refractivity contribution is 7.16. The maximum Gasteiger partial charge on any atom is 0.258 e. The predicted octanol–water partition coefficient (Wildman–Crippen LogP) is 3.14. The Morgan fingerprint density at radius 2 is 2.22 bits per heavy atom. The summed E-state index contributed by atoms with van der Waals surface area (Å²) in [6.07, 6.45) is 4.02. The number of thiazole rings is 1. The molecule has 2 aromatic heterocycles. The zero-order valence-corrected chi connectivity index (χ0v) is 14.2. The number of thiophene rings is 1. The van der Waals surface area contributed by atoms with Gasteiger partial charge in [0.1, 0.15) is 0 Å². The molecule has 1 N–H and O–H groups in total. The van der Waals surface area contributed by atoms with Crippen molar-refractivity contribution >= 4 is 39.6 Å². The Balaban J connectivity index is 1.44. The van der Waals surface area contributed by atoms with E-state index in [0.717, 1.165) is 36.4 Å². The van der Waals surface area contributed by atoms with E-state index in [1.807, 2.05) is 15.7 Å². The second-order valence-electron chi connectivity index (χ2n) is 5.99. The maximum absolute atomic E-state index is 12.4. The van der Waals surface area contributed by atoms with E-state index in [-0.39, 0.29) is 11.8 Å².